The molecule has 0 amide bonds. The average Bonchev–Trinajstić information content (AvgIpc) is 2.54. The molecule has 2 unspecified atom stereocenters. The van der Waals surface area contributed by atoms with Crippen LogP contribution < -0.4 is 0 Å². The number of alkyl halides is 2. The van der Waals surface area contributed by atoms with Gasteiger partial charge in [-0.3, -0.25) is 9.59 Å². The largest absolute Gasteiger partial charge is 0.377 e. The maximum absolute atomic E-state index is 13.2. The van der Waals surface area contributed by atoms with Crippen molar-refractivity contribution in [1.29, 1.82) is 0 Å². The smallest absolute Gasteiger partial charge is 0.283 e. The Labute approximate surface area is 149 Å². The van der Waals surface area contributed by atoms with E-state index in [0.29, 0.717) is 24.8 Å². The minimum atomic E-state index is -3.07. The molecular formula is C19H25F2O3P. The van der Waals surface area contributed by atoms with Crippen molar-refractivity contribution < 1.29 is 23.5 Å². The van der Waals surface area contributed by atoms with Gasteiger partial charge in [0.25, 0.3) is 5.66 Å². The predicted octanol–water partition coefficient (Wildman–Crippen LogP) is 4.64. The van der Waals surface area contributed by atoms with E-state index in [2.05, 4.69) is 6.58 Å². The SMILES string of the molecule is C=C(CCC)C(O)(CC(=O)c1ccc(C(F)(F)P)cc1)C(=O)CCC. The van der Waals surface area contributed by atoms with Gasteiger partial charge in [-0.15, -0.1) is 0 Å². The summed E-state index contributed by atoms with van der Waals surface area (Å²) in [5.74, 6) is -0.919. The maximum atomic E-state index is 13.2. The van der Waals surface area contributed by atoms with Gasteiger partial charge in [-0.2, -0.15) is 8.78 Å². The summed E-state index contributed by atoms with van der Waals surface area (Å²) < 4.78 is 26.4. The normalized spacial score (nSPS) is 14.0. The van der Waals surface area contributed by atoms with Crippen molar-refractivity contribution in [3.63, 3.8) is 0 Å². The van der Waals surface area contributed by atoms with Crippen LogP contribution in [0, 0.1) is 0 Å². The van der Waals surface area contributed by atoms with Crippen molar-refractivity contribution in [3.05, 3.63) is 47.5 Å². The molecular weight excluding hydrogens is 345 g/mol. The molecule has 2 atom stereocenters. The molecule has 0 radical (unpaired) electrons. The van der Waals surface area contributed by atoms with Crippen molar-refractivity contribution >= 4 is 20.8 Å². The minimum absolute atomic E-state index is 0.144. The van der Waals surface area contributed by atoms with Crippen LogP contribution in [-0.2, 0) is 10.5 Å². The fourth-order valence-corrected chi connectivity index (χ4v) is 2.77. The fourth-order valence-electron chi connectivity index (χ4n) is 2.58. The predicted molar refractivity (Wildman–Crippen MR) is 97.9 cm³/mol. The van der Waals surface area contributed by atoms with Gasteiger partial charge in [-0.1, -0.05) is 60.4 Å². The van der Waals surface area contributed by atoms with Crippen LogP contribution in [0.5, 0.6) is 0 Å². The summed E-state index contributed by atoms with van der Waals surface area (Å²) in [6.07, 6.45) is 1.38. The number of rotatable bonds is 10. The highest BCUT2D eigenvalue weighted by Crippen LogP contribution is 2.35. The molecule has 6 heteroatoms. The molecule has 1 aromatic rings. The molecule has 0 bridgehead atoms. The highest BCUT2D eigenvalue weighted by atomic mass is 31.0. The lowest BCUT2D eigenvalue weighted by molar-refractivity contribution is -0.133. The van der Waals surface area contributed by atoms with E-state index < -0.39 is 29.3 Å². The first-order valence-corrected chi connectivity index (χ1v) is 8.88. The molecule has 0 aromatic heterocycles. The van der Waals surface area contributed by atoms with Crippen LogP contribution in [0.1, 0.15) is 61.9 Å². The zero-order valence-electron chi connectivity index (χ0n) is 14.6. The Hall–Kier alpha value is -1.45. The first-order valence-electron chi connectivity index (χ1n) is 8.30. The molecule has 0 heterocycles. The van der Waals surface area contributed by atoms with Crippen LogP contribution >= 0.6 is 9.24 Å². The Morgan fingerprint density at radius 2 is 1.64 bits per heavy atom. The van der Waals surface area contributed by atoms with Crippen molar-refractivity contribution in [1.82, 2.24) is 0 Å². The summed E-state index contributed by atoms with van der Waals surface area (Å²) in [5.41, 5.74) is -4.73. The van der Waals surface area contributed by atoms with Crippen molar-refractivity contribution in [2.45, 2.75) is 57.2 Å². The third-order valence-electron chi connectivity index (χ3n) is 4.08. The van der Waals surface area contributed by atoms with Crippen molar-refractivity contribution in [2.24, 2.45) is 0 Å². The van der Waals surface area contributed by atoms with E-state index in [-0.39, 0.29) is 17.5 Å². The van der Waals surface area contributed by atoms with E-state index in [1.54, 1.807) is 0 Å². The molecule has 138 valence electrons. The summed E-state index contributed by atoms with van der Waals surface area (Å²) in [5, 5.41) is 10.8. The minimum Gasteiger partial charge on any atom is -0.377 e. The summed E-state index contributed by atoms with van der Waals surface area (Å²) in [6.45, 7) is 7.49. The third-order valence-corrected chi connectivity index (χ3v) is 4.42. The second-order valence-electron chi connectivity index (χ2n) is 6.19. The van der Waals surface area contributed by atoms with Crippen LogP contribution in [-0.4, -0.2) is 22.3 Å². The second-order valence-corrected chi connectivity index (χ2v) is 6.91. The number of aliphatic hydroxyl groups is 1. The second kappa shape index (κ2) is 8.77. The van der Waals surface area contributed by atoms with Gasteiger partial charge in [0.1, 0.15) is 0 Å². The van der Waals surface area contributed by atoms with Gasteiger partial charge in [0.05, 0.1) is 6.42 Å². The molecule has 0 aliphatic carbocycles. The molecule has 0 saturated heterocycles. The summed E-state index contributed by atoms with van der Waals surface area (Å²) >= 11 is 0. The Balaban J connectivity index is 3.05. The first-order chi connectivity index (χ1) is 11.6. The number of benzene rings is 1. The lowest BCUT2D eigenvalue weighted by Gasteiger charge is -2.28. The Morgan fingerprint density at radius 3 is 2.08 bits per heavy atom. The molecule has 1 N–H and O–H groups in total. The van der Waals surface area contributed by atoms with Gasteiger partial charge in [0.2, 0.25) is 0 Å². The van der Waals surface area contributed by atoms with Crippen LogP contribution in [0.3, 0.4) is 0 Å². The monoisotopic (exact) mass is 370 g/mol. The van der Waals surface area contributed by atoms with Gasteiger partial charge >= 0.3 is 0 Å². The number of carbonyl (C=O) groups is 2. The summed E-state index contributed by atoms with van der Waals surface area (Å²) in [4.78, 5) is 24.9. The molecule has 0 spiro atoms. The van der Waals surface area contributed by atoms with E-state index >= 15 is 0 Å². The Morgan fingerprint density at radius 1 is 1.12 bits per heavy atom. The number of hydrogen-bond acceptors (Lipinski definition) is 3. The zero-order chi connectivity index (χ0) is 19.3. The highest BCUT2D eigenvalue weighted by molar-refractivity contribution is 7.17. The zero-order valence-corrected chi connectivity index (χ0v) is 15.8. The third kappa shape index (κ3) is 5.52. The lowest BCUT2D eigenvalue weighted by Crippen LogP contribution is -2.42. The molecule has 1 aromatic carbocycles. The maximum Gasteiger partial charge on any atom is 0.283 e. The van der Waals surface area contributed by atoms with Crippen molar-refractivity contribution in [3.8, 4) is 0 Å². The van der Waals surface area contributed by atoms with Gasteiger partial charge in [-0.05, 0) is 18.4 Å². The quantitative estimate of drug-likeness (QED) is 0.371. The number of carbonyl (C=O) groups excluding carboxylic acids is 2. The molecule has 0 fully saturated rings. The summed E-state index contributed by atoms with van der Waals surface area (Å²) in [6, 6.07) is 4.88. The highest BCUT2D eigenvalue weighted by Gasteiger charge is 2.39. The van der Waals surface area contributed by atoms with E-state index in [1.807, 2.05) is 13.8 Å². The van der Waals surface area contributed by atoms with Gasteiger partial charge < -0.3 is 5.11 Å². The van der Waals surface area contributed by atoms with E-state index in [1.165, 1.54) is 21.4 Å². The Bertz CT molecular complexity index is 615. The van der Waals surface area contributed by atoms with Gasteiger partial charge in [0.15, 0.2) is 17.2 Å². The number of hydrogen-bond donors (Lipinski definition) is 1. The number of Topliss-reactive ketones (excluding diaryl/α,β-unsaturated/α-hetero) is 2. The summed E-state index contributed by atoms with van der Waals surface area (Å²) in [7, 11) is 1.43. The first kappa shape index (κ1) is 21.6. The van der Waals surface area contributed by atoms with E-state index in [9.17, 15) is 23.5 Å². The van der Waals surface area contributed by atoms with Crippen molar-refractivity contribution in [2.75, 3.05) is 0 Å². The van der Waals surface area contributed by atoms with Crippen LogP contribution in [0.2, 0.25) is 0 Å². The van der Waals surface area contributed by atoms with Gasteiger partial charge in [0, 0.05) is 17.5 Å². The van der Waals surface area contributed by atoms with E-state index in [4.69, 9.17) is 0 Å². The number of ketones is 2. The number of halogens is 2. The molecule has 1 rings (SSSR count). The Kier molecular flexibility index (Phi) is 7.58. The van der Waals surface area contributed by atoms with Gasteiger partial charge in [-0.25, -0.2) is 0 Å². The molecule has 0 saturated carbocycles. The fraction of sp³-hybridized carbons (Fsp3) is 0.474. The molecule has 0 aliphatic heterocycles. The standard InChI is InChI=1S/C19H25F2O3P/c1-4-6-13(3)18(24,17(23)7-5-2)12-16(22)14-8-10-15(11-9-14)19(20,21)25/h8-11,24H,3-7,12,25H2,1-2H3. The lowest BCUT2D eigenvalue weighted by atomic mass is 9.80. The van der Waals surface area contributed by atoms with Crippen LogP contribution in [0.15, 0.2) is 36.4 Å². The average molecular weight is 370 g/mol. The van der Waals surface area contributed by atoms with Crippen LogP contribution in [0.25, 0.3) is 0 Å². The topological polar surface area (TPSA) is 54.4 Å². The molecule has 3 nitrogen and oxygen atoms in total. The molecule has 25 heavy (non-hydrogen) atoms. The van der Waals surface area contributed by atoms with E-state index in [0.717, 1.165) is 12.1 Å². The van der Waals surface area contributed by atoms with Crippen LogP contribution in [0.4, 0.5) is 8.78 Å². The molecule has 0 aliphatic rings.